The summed E-state index contributed by atoms with van der Waals surface area (Å²) in [6, 6.07) is 14.3. The van der Waals surface area contributed by atoms with E-state index in [1.54, 1.807) is 18.2 Å². The summed E-state index contributed by atoms with van der Waals surface area (Å²) in [6.07, 6.45) is 2.44. The van der Waals surface area contributed by atoms with E-state index in [2.05, 4.69) is 15.8 Å². The van der Waals surface area contributed by atoms with Gasteiger partial charge in [-0.3, -0.25) is 9.59 Å². The zero-order valence-electron chi connectivity index (χ0n) is 17.4. The van der Waals surface area contributed by atoms with Gasteiger partial charge >= 0.3 is 0 Å². The predicted molar refractivity (Wildman–Crippen MR) is 126 cm³/mol. The number of amides is 2. The van der Waals surface area contributed by atoms with Crippen LogP contribution in [0, 0.1) is 6.92 Å². The third-order valence-electron chi connectivity index (χ3n) is 5.23. The number of carbonyl (C=O) groups is 2. The number of nitrogens with one attached hydrogen (secondary N) is 2. The van der Waals surface area contributed by atoms with Crippen molar-refractivity contribution in [2.75, 3.05) is 5.32 Å². The maximum atomic E-state index is 12.9. The minimum Gasteiger partial charge on any atom is -0.455 e. The van der Waals surface area contributed by atoms with Crippen LogP contribution in [0.15, 0.2) is 58.0 Å². The van der Waals surface area contributed by atoms with E-state index in [1.165, 1.54) is 0 Å². The zero-order valence-corrected chi connectivity index (χ0v) is 18.9. The summed E-state index contributed by atoms with van der Waals surface area (Å²) in [5.41, 5.74) is 6.16. The lowest BCUT2D eigenvalue weighted by Crippen LogP contribution is -2.23. The summed E-state index contributed by atoms with van der Waals surface area (Å²) in [5, 5.41) is 7.93. The zero-order chi connectivity index (χ0) is 22.7. The standard InChI is InChI=1S/C24H21Cl2N3O3/c1-14-22-19(28-29-21(30)12-15-6-3-2-4-7-15)8-5-9-20(22)32-23(14)24(31)27-18-11-10-16(25)13-17(18)26/h2-4,6-7,10-11,13H,5,8-9,12H2,1H3,(H,27,31)(H,29,30)/b28-19+. The van der Waals surface area contributed by atoms with Crippen LogP contribution < -0.4 is 10.7 Å². The molecular formula is C24H21Cl2N3O3. The first-order chi connectivity index (χ1) is 15.4. The molecule has 2 aromatic carbocycles. The van der Waals surface area contributed by atoms with E-state index < -0.39 is 5.91 Å². The number of anilines is 1. The molecule has 0 bridgehead atoms. The molecule has 2 amide bonds. The largest absolute Gasteiger partial charge is 0.455 e. The van der Waals surface area contributed by atoms with Gasteiger partial charge in [0.25, 0.3) is 5.91 Å². The molecule has 0 aliphatic heterocycles. The number of hydrazone groups is 1. The van der Waals surface area contributed by atoms with E-state index in [0.29, 0.717) is 45.6 Å². The maximum absolute atomic E-state index is 12.9. The Labute approximate surface area is 195 Å². The van der Waals surface area contributed by atoms with Crippen molar-refractivity contribution in [1.82, 2.24) is 5.43 Å². The van der Waals surface area contributed by atoms with Crippen LogP contribution in [-0.4, -0.2) is 17.5 Å². The molecule has 3 aromatic rings. The molecule has 0 fully saturated rings. The van der Waals surface area contributed by atoms with Crippen LogP contribution in [0.25, 0.3) is 0 Å². The molecule has 164 valence electrons. The van der Waals surface area contributed by atoms with Crippen molar-refractivity contribution >= 4 is 46.4 Å². The molecule has 2 N–H and O–H groups in total. The number of rotatable bonds is 5. The minimum atomic E-state index is -0.409. The first kappa shape index (κ1) is 22.1. The van der Waals surface area contributed by atoms with Crippen LogP contribution >= 0.6 is 23.2 Å². The van der Waals surface area contributed by atoms with E-state index in [1.807, 2.05) is 37.3 Å². The molecule has 0 atom stereocenters. The van der Waals surface area contributed by atoms with Crippen molar-refractivity contribution in [3.63, 3.8) is 0 Å². The summed E-state index contributed by atoms with van der Waals surface area (Å²) >= 11 is 12.1. The molecule has 6 nitrogen and oxygen atoms in total. The topological polar surface area (TPSA) is 83.7 Å². The monoisotopic (exact) mass is 469 g/mol. The van der Waals surface area contributed by atoms with Gasteiger partial charge in [0, 0.05) is 22.6 Å². The van der Waals surface area contributed by atoms with Gasteiger partial charge in [0.2, 0.25) is 5.91 Å². The SMILES string of the molecule is Cc1c(C(=O)Nc2ccc(Cl)cc2Cl)oc2c1/C(=N/NC(=O)Cc1ccccc1)CCC2. The molecular weight excluding hydrogens is 449 g/mol. The average Bonchev–Trinajstić information content (AvgIpc) is 3.12. The quantitative estimate of drug-likeness (QED) is 0.480. The molecule has 0 spiro atoms. The smallest absolute Gasteiger partial charge is 0.291 e. The second kappa shape index (κ2) is 9.59. The Hall–Kier alpha value is -3.09. The summed E-state index contributed by atoms with van der Waals surface area (Å²) in [5.74, 6) is 0.282. The Bertz CT molecular complexity index is 1200. The van der Waals surface area contributed by atoms with E-state index >= 15 is 0 Å². The van der Waals surface area contributed by atoms with E-state index in [-0.39, 0.29) is 18.1 Å². The highest BCUT2D eigenvalue weighted by atomic mass is 35.5. The fourth-order valence-corrected chi connectivity index (χ4v) is 4.17. The number of carbonyl (C=O) groups excluding carboxylic acids is 2. The van der Waals surface area contributed by atoms with Crippen molar-refractivity contribution in [3.05, 3.63) is 86.8 Å². The summed E-state index contributed by atoms with van der Waals surface area (Å²) in [7, 11) is 0. The number of benzene rings is 2. The second-order valence-corrected chi connectivity index (χ2v) is 8.39. The Morgan fingerprint density at radius 2 is 1.88 bits per heavy atom. The van der Waals surface area contributed by atoms with Crippen LogP contribution in [0.2, 0.25) is 10.0 Å². The molecule has 1 aliphatic carbocycles. The molecule has 0 saturated heterocycles. The lowest BCUT2D eigenvalue weighted by Gasteiger charge is -2.13. The Balaban J connectivity index is 1.52. The van der Waals surface area contributed by atoms with Crippen LogP contribution in [0.4, 0.5) is 5.69 Å². The van der Waals surface area contributed by atoms with Crippen molar-refractivity contribution in [1.29, 1.82) is 0 Å². The summed E-state index contributed by atoms with van der Waals surface area (Å²) in [4.78, 5) is 25.2. The molecule has 0 unspecified atom stereocenters. The van der Waals surface area contributed by atoms with Crippen molar-refractivity contribution in [2.24, 2.45) is 5.10 Å². The molecule has 0 radical (unpaired) electrons. The fraction of sp³-hybridized carbons (Fsp3) is 0.208. The number of hydrogen-bond acceptors (Lipinski definition) is 4. The Morgan fingerprint density at radius 3 is 2.62 bits per heavy atom. The van der Waals surface area contributed by atoms with Gasteiger partial charge in [-0.05, 0) is 43.5 Å². The highest BCUT2D eigenvalue weighted by Gasteiger charge is 2.28. The van der Waals surface area contributed by atoms with E-state index in [0.717, 1.165) is 17.5 Å². The van der Waals surface area contributed by atoms with Gasteiger partial charge in [-0.25, -0.2) is 5.43 Å². The molecule has 1 aliphatic rings. The second-order valence-electron chi connectivity index (χ2n) is 7.54. The van der Waals surface area contributed by atoms with E-state index in [4.69, 9.17) is 27.6 Å². The molecule has 4 rings (SSSR count). The lowest BCUT2D eigenvalue weighted by molar-refractivity contribution is -0.120. The first-order valence-electron chi connectivity index (χ1n) is 10.2. The highest BCUT2D eigenvalue weighted by Crippen LogP contribution is 2.31. The van der Waals surface area contributed by atoms with Crippen LogP contribution in [0.1, 0.15) is 45.8 Å². The number of halogens is 2. The Kier molecular flexibility index (Phi) is 6.63. The van der Waals surface area contributed by atoms with Gasteiger partial charge in [-0.1, -0.05) is 53.5 Å². The fourth-order valence-electron chi connectivity index (χ4n) is 3.72. The molecule has 8 heteroatoms. The normalized spacial score (nSPS) is 14.2. The van der Waals surface area contributed by atoms with Crippen LogP contribution in [0.3, 0.4) is 0 Å². The third kappa shape index (κ3) is 4.87. The third-order valence-corrected chi connectivity index (χ3v) is 5.78. The summed E-state index contributed by atoms with van der Waals surface area (Å²) < 4.78 is 5.89. The number of hydrogen-bond donors (Lipinski definition) is 2. The van der Waals surface area contributed by atoms with E-state index in [9.17, 15) is 9.59 Å². The lowest BCUT2D eigenvalue weighted by atomic mass is 9.93. The van der Waals surface area contributed by atoms with Crippen molar-refractivity contribution < 1.29 is 14.0 Å². The summed E-state index contributed by atoms with van der Waals surface area (Å²) in [6.45, 7) is 1.81. The first-order valence-corrected chi connectivity index (χ1v) is 11.0. The van der Waals surface area contributed by atoms with Gasteiger partial charge in [-0.2, -0.15) is 5.10 Å². The predicted octanol–water partition coefficient (Wildman–Crippen LogP) is 5.55. The van der Waals surface area contributed by atoms with Crippen molar-refractivity contribution in [3.8, 4) is 0 Å². The number of fused-ring (bicyclic) bond motifs is 1. The molecule has 1 aromatic heterocycles. The van der Waals surface area contributed by atoms with Crippen LogP contribution in [0.5, 0.6) is 0 Å². The highest BCUT2D eigenvalue weighted by molar-refractivity contribution is 6.36. The number of nitrogens with zero attached hydrogens (tertiary/aromatic N) is 1. The number of aryl methyl sites for hydroxylation is 1. The van der Waals surface area contributed by atoms with Gasteiger partial charge < -0.3 is 9.73 Å². The van der Waals surface area contributed by atoms with Crippen LogP contribution in [-0.2, 0) is 17.6 Å². The molecule has 0 saturated carbocycles. The van der Waals surface area contributed by atoms with Gasteiger partial charge in [0.05, 0.1) is 22.8 Å². The van der Waals surface area contributed by atoms with Gasteiger partial charge in [-0.15, -0.1) is 0 Å². The average molecular weight is 470 g/mol. The number of furan rings is 1. The maximum Gasteiger partial charge on any atom is 0.291 e. The molecule has 32 heavy (non-hydrogen) atoms. The molecule has 1 heterocycles. The van der Waals surface area contributed by atoms with Gasteiger partial charge in [0.1, 0.15) is 5.76 Å². The Morgan fingerprint density at radius 1 is 1.09 bits per heavy atom. The van der Waals surface area contributed by atoms with Gasteiger partial charge in [0.15, 0.2) is 5.76 Å². The van der Waals surface area contributed by atoms with Crippen molar-refractivity contribution in [2.45, 2.75) is 32.6 Å². The minimum absolute atomic E-state index is 0.200.